The van der Waals surface area contributed by atoms with Crippen molar-refractivity contribution < 1.29 is 27.2 Å². The number of amides is 2. The quantitative estimate of drug-likeness (QED) is 0.177. The van der Waals surface area contributed by atoms with Crippen molar-refractivity contribution in [2.24, 2.45) is 0 Å². The Labute approximate surface area is 235 Å². The predicted molar refractivity (Wildman–Crippen MR) is 147 cm³/mol. The van der Waals surface area contributed by atoms with Crippen LogP contribution in [0.3, 0.4) is 0 Å². The van der Waals surface area contributed by atoms with E-state index in [-0.39, 0.29) is 23.0 Å². The number of hydrogen-bond donors (Lipinski definition) is 2. The monoisotopic (exact) mass is 617 g/mol. The first-order chi connectivity index (χ1) is 18.9. The van der Waals surface area contributed by atoms with Crippen molar-refractivity contribution in [3.8, 4) is 0 Å². The van der Waals surface area contributed by atoms with Crippen LogP contribution in [0.4, 0.5) is 23.2 Å². The highest BCUT2D eigenvalue weighted by atomic mass is 79.9. The molecule has 208 valence electrons. The summed E-state index contributed by atoms with van der Waals surface area (Å²) in [7, 11) is 0. The average Bonchev–Trinajstić information content (AvgIpc) is 3.17. The van der Waals surface area contributed by atoms with E-state index in [1.807, 2.05) is 0 Å². The number of pyridine rings is 1. The van der Waals surface area contributed by atoms with Crippen LogP contribution in [0.2, 0.25) is 0 Å². The van der Waals surface area contributed by atoms with Gasteiger partial charge < -0.3 is 10.6 Å². The molecule has 0 aliphatic carbocycles. The van der Waals surface area contributed by atoms with Crippen molar-refractivity contribution in [1.82, 2.24) is 20.1 Å². The van der Waals surface area contributed by atoms with Gasteiger partial charge in [0.1, 0.15) is 11.9 Å². The number of nitrogens with zero attached hydrogens (tertiary/aromatic N) is 3. The minimum absolute atomic E-state index is 0.0367. The number of alkyl halides is 4. The second kappa shape index (κ2) is 11.6. The molecule has 0 spiro atoms. The highest BCUT2D eigenvalue weighted by Gasteiger charge is 2.34. The number of benzene rings is 2. The standard InChI is InChI=1S/C28H24BrF4N5O2/c1-4-20(30)13-34-26(39)18-7-5-17(6-8-18)14-38-16(3)25(15(2)37-38)36-27(40)22-12-24(28(31,32)33)35-23-10-9-19(29)11-21(22)23/h4-12,20H,1,13-14H2,2-3H3,(H,34,39)(H,36,40)/t20-/m1/s1. The zero-order valence-electron chi connectivity index (χ0n) is 21.4. The van der Waals surface area contributed by atoms with Gasteiger partial charge in [-0.05, 0) is 55.8 Å². The lowest BCUT2D eigenvalue weighted by atomic mass is 10.1. The van der Waals surface area contributed by atoms with Crippen LogP contribution in [0, 0.1) is 13.8 Å². The molecule has 0 radical (unpaired) electrons. The second-order valence-electron chi connectivity index (χ2n) is 9.03. The van der Waals surface area contributed by atoms with E-state index >= 15 is 0 Å². The third kappa shape index (κ3) is 6.39. The molecule has 1 atom stereocenters. The maximum absolute atomic E-state index is 13.5. The van der Waals surface area contributed by atoms with Crippen molar-refractivity contribution in [2.45, 2.75) is 32.7 Å². The van der Waals surface area contributed by atoms with Crippen molar-refractivity contribution >= 4 is 44.3 Å². The van der Waals surface area contributed by atoms with Gasteiger partial charge in [0.15, 0.2) is 0 Å². The fourth-order valence-electron chi connectivity index (χ4n) is 4.05. The lowest BCUT2D eigenvalue weighted by molar-refractivity contribution is -0.141. The molecule has 2 heterocycles. The Balaban J connectivity index is 1.56. The Morgan fingerprint density at radius 3 is 2.45 bits per heavy atom. The molecule has 40 heavy (non-hydrogen) atoms. The van der Waals surface area contributed by atoms with Gasteiger partial charge >= 0.3 is 6.18 Å². The van der Waals surface area contributed by atoms with Crippen LogP contribution in [0.5, 0.6) is 0 Å². The molecule has 2 aromatic carbocycles. The summed E-state index contributed by atoms with van der Waals surface area (Å²) >= 11 is 3.29. The molecule has 0 aliphatic heterocycles. The molecule has 2 aromatic heterocycles. The molecule has 0 fully saturated rings. The Bertz CT molecular complexity index is 1600. The maximum Gasteiger partial charge on any atom is 0.433 e. The van der Waals surface area contributed by atoms with Crippen molar-refractivity contribution in [1.29, 1.82) is 0 Å². The third-order valence-corrected chi connectivity index (χ3v) is 6.68. The molecule has 0 saturated carbocycles. The number of carbonyl (C=O) groups is 2. The summed E-state index contributed by atoms with van der Waals surface area (Å²) in [5.74, 6) is -1.15. The SMILES string of the molecule is C=C[C@@H](F)CNC(=O)c1ccc(Cn2nc(C)c(NC(=O)c3cc(C(F)(F)F)nc4ccc(Br)cc34)c2C)cc1. The van der Waals surface area contributed by atoms with Gasteiger partial charge in [0, 0.05) is 15.4 Å². The number of rotatable bonds is 8. The van der Waals surface area contributed by atoms with Crippen LogP contribution in [0.25, 0.3) is 10.9 Å². The van der Waals surface area contributed by atoms with Crippen molar-refractivity contribution in [2.75, 3.05) is 11.9 Å². The number of fused-ring (bicyclic) bond motifs is 1. The number of aryl methyl sites for hydroxylation is 1. The van der Waals surface area contributed by atoms with Gasteiger partial charge in [-0.1, -0.05) is 34.1 Å². The van der Waals surface area contributed by atoms with E-state index in [1.165, 1.54) is 6.07 Å². The number of carbonyl (C=O) groups excluding carboxylic acids is 2. The number of hydrogen-bond acceptors (Lipinski definition) is 4. The number of nitrogens with one attached hydrogen (secondary N) is 2. The summed E-state index contributed by atoms with van der Waals surface area (Å²) in [6.45, 7) is 6.87. The lowest BCUT2D eigenvalue weighted by Crippen LogP contribution is -2.29. The van der Waals surface area contributed by atoms with Gasteiger partial charge in [-0.3, -0.25) is 14.3 Å². The van der Waals surface area contributed by atoms with E-state index in [0.29, 0.717) is 33.7 Å². The summed E-state index contributed by atoms with van der Waals surface area (Å²) in [6.07, 6.45) is -4.97. The van der Waals surface area contributed by atoms with Crippen molar-refractivity contribution in [3.63, 3.8) is 0 Å². The van der Waals surface area contributed by atoms with Crippen molar-refractivity contribution in [3.05, 3.63) is 99.4 Å². The summed E-state index contributed by atoms with van der Waals surface area (Å²) in [6, 6.07) is 11.9. The van der Waals surface area contributed by atoms with Gasteiger partial charge in [0.25, 0.3) is 11.8 Å². The minimum atomic E-state index is -4.73. The molecule has 0 saturated heterocycles. The van der Waals surface area contributed by atoms with Gasteiger partial charge in [-0.25, -0.2) is 9.37 Å². The lowest BCUT2D eigenvalue weighted by Gasteiger charge is -2.13. The van der Waals surface area contributed by atoms with Gasteiger partial charge in [-0.2, -0.15) is 18.3 Å². The van der Waals surface area contributed by atoms with Crippen LogP contribution < -0.4 is 10.6 Å². The van der Waals surface area contributed by atoms with Gasteiger partial charge in [-0.15, -0.1) is 6.58 Å². The Morgan fingerprint density at radius 2 is 1.80 bits per heavy atom. The van der Waals surface area contributed by atoms with Gasteiger partial charge in [0.05, 0.1) is 41.2 Å². The van der Waals surface area contributed by atoms with Crippen LogP contribution >= 0.6 is 15.9 Å². The first kappa shape index (κ1) is 28.9. The average molecular weight is 618 g/mol. The van der Waals surface area contributed by atoms with E-state index < -0.39 is 29.9 Å². The zero-order chi connectivity index (χ0) is 29.2. The summed E-state index contributed by atoms with van der Waals surface area (Å²) in [5, 5.41) is 9.94. The molecular weight excluding hydrogens is 594 g/mol. The smallest absolute Gasteiger partial charge is 0.349 e. The first-order valence-electron chi connectivity index (χ1n) is 12.0. The Kier molecular flexibility index (Phi) is 8.38. The fourth-order valence-corrected chi connectivity index (χ4v) is 4.41. The van der Waals surface area contributed by atoms with Crippen LogP contribution in [0.15, 0.2) is 65.7 Å². The highest BCUT2D eigenvalue weighted by molar-refractivity contribution is 9.10. The fraction of sp³-hybridized carbons (Fsp3) is 0.214. The molecule has 0 bridgehead atoms. The second-order valence-corrected chi connectivity index (χ2v) is 9.95. The molecule has 7 nitrogen and oxygen atoms in total. The molecule has 0 aliphatic rings. The van der Waals surface area contributed by atoms with Crippen LogP contribution in [-0.4, -0.2) is 39.3 Å². The normalized spacial score (nSPS) is 12.3. The number of anilines is 1. The van der Waals surface area contributed by atoms with Gasteiger partial charge in [0.2, 0.25) is 0 Å². The topological polar surface area (TPSA) is 88.9 Å². The Morgan fingerprint density at radius 1 is 1.10 bits per heavy atom. The molecular formula is C28H24BrF4N5O2. The van der Waals surface area contributed by atoms with E-state index in [9.17, 15) is 27.2 Å². The summed E-state index contributed by atoms with van der Waals surface area (Å²) in [4.78, 5) is 29.1. The number of halogens is 5. The molecule has 2 N–H and O–H groups in total. The molecule has 12 heteroatoms. The third-order valence-electron chi connectivity index (χ3n) is 6.19. The highest BCUT2D eigenvalue weighted by Crippen LogP contribution is 2.32. The number of aromatic nitrogens is 3. The van der Waals surface area contributed by atoms with Crippen LogP contribution in [-0.2, 0) is 12.7 Å². The van der Waals surface area contributed by atoms with E-state index in [2.05, 4.69) is 43.2 Å². The largest absolute Gasteiger partial charge is 0.433 e. The summed E-state index contributed by atoms with van der Waals surface area (Å²) < 4.78 is 56.0. The Hall–Kier alpha value is -4.06. The zero-order valence-corrected chi connectivity index (χ0v) is 23.0. The van der Waals surface area contributed by atoms with E-state index in [4.69, 9.17) is 0 Å². The van der Waals surface area contributed by atoms with E-state index in [0.717, 1.165) is 17.7 Å². The molecule has 0 unspecified atom stereocenters. The molecule has 2 amide bonds. The molecule has 4 rings (SSSR count). The molecule has 4 aromatic rings. The maximum atomic E-state index is 13.5. The van der Waals surface area contributed by atoms with E-state index in [1.54, 1.807) is 54.9 Å². The first-order valence-corrected chi connectivity index (χ1v) is 12.8. The minimum Gasteiger partial charge on any atom is -0.349 e. The predicted octanol–water partition coefficient (Wildman–Crippen LogP) is 6.38. The van der Waals surface area contributed by atoms with Crippen LogP contribution in [0.1, 0.15) is 43.4 Å². The summed E-state index contributed by atoms with van der Waals surface area (Å²) in [5.41, 5.74) is 1.28.